The van der Waals surface area contributed by atoms with Gasteiger partial charge in [-0.05, 0) is 12.0 Å². The van der Waals surface area contributed by atoms with Crippen molar-refractivity contribution in [3.8, 4) is 0 Å². The predicted molar refractivity (Wildman–Crippen MR) is 59.3 cm³/mol. The molecule has 0 spiro atoms. The monoisotopic (exact) mass is 217 g/mol. The van der Waals surface area contributed by atoms with Crippen molar-refractivity contribution in [2.75, 3.05) is 0 Å². The lowest BCUT2D eigenvalue weighted by Crippen LogP contribution is -2.31. The van der Waals surface area contributed by atoms with E-state index >= 15 is 0 Å². The molecule has 0 amide bonds. The van der Waals surface area contributed by atoms with Crippen molar-refractivity contribution in [3.63, 3.8) is 0 Å². The van der Waals surface area contributed by atoms with Gasteiger partial charge >= 0.3 is 5.69 Å². The van der Waals surface area contributed by atoms with Gasteiger partial charge in [0.05, 0.1) is 6.54 Å². The molecule has 0 atom stereocenters. The number of nitrogens with one attached hydrogen (secondary N) is 1. The van der Waals surface area contributed by atoms with Crippen molar-refractivity contribution in [1.29, 1.82) is 0 Å². The van der Waals surface area contributed by atoms with Gasteiger partial charge in [-0.2, -0.15) is 5.10 Å². The van der Waals surface area contributed by atoms with E-state index in [1.807, 2.05) is 30.3 Å². The highest BCUT2D eigenvalue weighted by Gasteiger charge is 1.98. The third kappa shape index (κ3) is 2.44. The van der Waals surface area contributed by atoms with Gasteiger partial charge < -0.3 is 0 Å². The number of H-pyrrole nitrogens is 1. The zero-order valence-electron chi connectivity index (χ0n) is 8.59. The lowest BCUT2D eigenvalue weighted by Gasteiger charge is -2.02. The Hall–Kier alpha value is -2.17. The molecule has 0 aliphatic carbocycles. The molecule has 0 saturated carbocycles. The van der Waals surface area contributed by atoms with Gasteiger partial charge in [-0.25, -0.2) is 9.48 Å². The smallest absolute Gasteiger partial charge is 0.271 e. The maximum Gasteiger partial charge on any atom is 0.344 e. The zero-order chi connectivity index (χ0) is 11.4. The average Bonchev–Trinajstić information content (AvgIpc) is 2.29. The van der Waals surface area contributed by atoms with Gasteiger partial charge in [0.25, 0.3) is 5.56 Å². The molecule has 0 saturated heterocycles. The van der Waals surface area contributed by atoms with Gasteiger partial charge in [-0.3, -0.25) is 9.78 Å². The molecular formula is C11H11N3O2. The Morgan fingerprint density at radius 1 is 1.19 bits per heavy atom. The second-order valence-corrected chi connectivity index (χ2v) is 3.40. The Balaban J connectivity index is 2.11. The van der Waals surface area contributed by atoms with E-state index in [2.05, 4.69) is 10.1 Å². The van der Waals surface area contributed by atoms with Crippen molar-refractivity contribution in [2.24, 2.45) is 0 Å². The average molecular weight is 217 g/mol. The van der Waals surface area contributed by atoms with Gasteiger partial charge in [0, 0.05) is 0 Å². The van der Waals surface area contributed by atoms with Crippen molar-refractivity contribution in [2.45, 2.75) is 13.0 Å². The van der Waals surface area contributed by atoms with E-state index in [9.17, 15) is 9.59 Å². The van der Waals surface area contributed by atoms with Crippen LogP contribution in [0, 0.1) is 0 Å². The molecule has 2 rings (SSSR count). The number of aromatic nitrogens is 3. The van der Waals surface area contributed by atoms with E-state index in [1.165, 1.54) is 4.68 Å². The van der Waals surface area contributed by atoms with Crippen molar-refractivity contribution < 1.29 is 0 Å². The maximum atomic E-state index is 11.3. The van der Waals surface area contributed by atoms with Crippen LogP contribution in [0.25, 0.3) is 0 Å². The van der Waals surface area contributed by atoms with Crippen LogP contribution in [0.15, 0.2) is 46.1 Å². The fourth-order valence-electron chi connectivity index (χ4n) is 1.42. The number of benzene rings is 1. The van der Waals surface area contributed by atoms with E-state index in [0.717, 1.165) is 11.8 Å². The molecule has 82 valence electrons. The Morgan fingerprint density at radius 3 is 2.62 bits per heavy atom. The Labute approximate surface area is 91.4 Å². The zero-order valence-corrected chi connectivity index (χ0v) is 8.59. The fourth-order valence-corrected chi connectivity index (χ4v) is 1.42. The molecule has 0 fully saturated rings. The van der Waals surface area contributed by atoms with Gasteiger partial charge in [0.2, 0.25) is 0 Å². The molecule has 1 aromatic heterocycles. The van der Waals surface area contributed by atoms with Crippen LogP contribution in [0.1, 0.15) is 5.56 Å². The summed E-state index contributed by atoms with van der Waals surface area (Å²) in [4.78, 5) is 24.3. The summed E-state index contributed by atoms with van der Waals surface area (Å²) >= 11 is 0. The van der Waals surface area contributed by atoms with Crippen LogP contribution >= 0.6 is 0 Å². The second-order valence-electron chi connectivity index (χ2n) is 3.40. The molecule has 0 aliphatic rings. The molecule has 5 nitrogen and oxygen atoms in total. The second kappa shape index (κ2) is 4.57. The third-order valence-corrected chi connectivity index (χ3v) is 2.23. The summed E-state index contributed by atoms with van der Waals surface area (Å²) in [7, 11) is 0. The molecule has 5 heteroatoms. The van der Waals surface area contributed by atoms with Crippen molar-refractivity contribution in [3.05, 3.63) is 62.9 Å². The van der Waals surface area contributed by atoms with Crippen LogP contribution in [-0.2, 0) is 13.0 Å². The lowest BCUT2D eigenvalue weighted by molar-refractivity contribution is 0.554. The van der Waals surface area contributed by atoms with Crippen molar-refractivity contribution in [1.82, 2.24) is 14.8 Å². The summed E-state index contributed by atoms with van der Waals surface area (Å²) in [5.74, 6) is 0. The number of aromatic amines is 1. The van der Waals surface area contributed by atoms with Crippen LogP contribution in [0.2, 0.25) is 0 Å². The molecule has 1 N–H and O–H groups in total. The van der Waals surface area contributed by atoms with E-state index in [1.54, 1.807) is 0 Å². The van der Waals surface area contributed by atoms with Gasteiger partial charge in [-0.1, -0.05) is 30.3 Å². The Kier molecular flexibility index (Phi) is 2.95. The quantitative estimate of drug-likeness (QED) is 0.797. The maximum absolute atomic E-state index is 11.3. The van der Waals surface area contributed by atoms with Gasteiger partial charge in [0.1, 0.15) is 6.20 Å². The molecule has 0 bridgehead atoms. The highest BCUT2D eigenvalue weighted by molar-refractivity contribution is 5.14. The first-order chi connectivity index (χ1) is 7.75. The summed E-state index contributed by atoms with van der Waals surface area (Å²) < 4.78 is 1.24. The number of aryl methyl sites for hydroxylation is 2. The van der Waals surface area contributed by atoms with Crippen LogP contribution in [-0.4, -0.2) is 14.8 Å². The first-order valence-corrected chi connectivity index (χ1v) is 4.96. The molecule has 16 heavy (non-hydrogen) atoms. The number of hydrogen-bond acceptors (Lipinski definition) is 3. The normalized spacial score (nSPS) is 10.2. The molecule has 2 aromatic rings. The lowest BCUT2D eigenvalue weighted by atomic mass is 10.1. The standard InChI is InChI=1S/C11H11N3O2/c15-10-8-12-14(11(16)13-10)7-6-9-4-2-1-3-5-9/h1-5,8H,6-7H2,(H,13,15,16). The minimum atomic E-state index is -0.471. The molecule has 0 unspecified atom stereocenters. The van der Waals surface area contributed by atoms with Crippen LogP contribution in [0.4, 0.5) is 0 Å². The molecule has 0 radical (unpaired) electrons. The van der Waals surface area contributed by atoms with Gasteiger partial charge in [-0.15, -0.1) is 0 Å². The summed E-state index contributed by atoms with van der Waals surface area (Å²) in [6, 6.07) is 9.79. The summed E-state index contributed by atoms with van der Waals surface area (Å²) in [6.07, 6.45) is 1.81. The van der Waals surface area contributed by atoms with Crippen LogP contribution in [0.5, 0.6) is 0 Å². The Bertz CT molecular complexity index is 572. The minimum absolute atomic E-state index is 0.458. The third-order valence-electron chi connectivity index (χ3n) is 2.23. The molecular weight excluding hydrogens is 206 g/mol. The molecule has 1 heterocycles. The summed E-state index contributed by atoms with van der Waals surface area (Å²) in [5, 5.41) is 3.75. The van der Waals surface area contributed by atoms with E-state index in [0.29, 0.717) is 13.0 Å². The SMILES string of the molecule is O=c1cnn(CCc2ccccc2)c(=O)[nH]1. The number of rotatable bonds is 3. The predicted octanol–water partition coefficient (Wildman–Crippen LogP) is 0.174. The molecule has 1 aromatic carbocycles. The topological polar surface area (TPSA) is 67.8 Å². The summed E-state index contributed by atoms with van der Waals surface area (Å²) in [5.41, 5.74) is 0.187. The molecule has 0 aliphatic heterocycles. The highest BCUT2D eigenvalue weighted by atomic mass is 16.2. The van der Waals surface area contributed by atoms with E-state index < -0.39 is 11.2 Å². The number of hydrogen-bond donors (Lipinski definition) is 1. The first kappa shape index (κ1) is 10.4. The highest BCUT2D eigenvalue weighted by Crippen LogP contribution is 1.99. The minimum Gasteiger partial charge on any atom is -0.271 e. The van der Waals surface area contributed by atoms with Crippen LogP contribution < -0.4 is 11.2 Å². The van der Waals surface area contributed by atoms with Crippen LogP contribution in [0.3, 0.4) is 0 Å². The first-order valence-electron chi connectivity index (χ1n) is 4.96. The fraction of sp³-hybridized carbons (Fsp3) is 0.182. The summed E-state index contributed by atoms with van der Waals surface area (Å²) in [6.45, 7) is 0.458. The van der Waals surface area contributed by atoms with E-state index in [-0.39, 0.29) is 0 Å². The number of nitrogens with zero attached hydrogens (tertiary/aromatic N) is 2. The van der Waals surface area contributed by atoms with Crippen molar-refractivity contribution >= 4 is 0 Å². The van der Waals surface area contributed by atoms with E-state index in [4.69, 9.17) is 0 Å². The Morgan fingerprint density at radius 2 is 1.94 bits per heavy atom. The largest absolute Gasteiger partial charge is 0.344 e. The van der Waals surface area contributed by atoms with Gasteiger partial charge in [0.15, 0.2) is 0 Å².